The summed E-state index contributed by atoms with van der Waals surface area (Å²) in [5.74, 6) is -0.342. The maximum atomic E-state index is 13.1. The Morgan fingerprint density at radius 1 is 1.04 bits per heavy atom. The van der Waals surface area contributed by atoms with Crippen LogP contribution in [0.15, 0.2) is 47.4 Å². The molecule has 0 bridgehead atoms. The second-order valence-corrected chi connectivity index (χ2v) is 8.11. The Morgan fingerprint density at radius 3 is 2.39 bits per heavy atom. The van der Waals surface area contributed by atoms with Crippen molar-refractivity contribution in [1.82, 2.24) is 4.31 Å². The van der Waals surface area contributed by atoms with Gasteiger partial charge in [-0.3, -0.25) is 0 Å². The van der Waals surface area contributed by atoms with Crippen molar-refractivity contribution in [2.45, 2.75) is 23.8 Å². The maximum Gasteiger partial charge on any atom is 0.243 e. The van der Waals surface area contributed by atoms with Gasteiger partial charge in [0.1, 0.15) is 5.82 Å². The Hall–Kier alpha value is -1.14. The first-order valence-electron chi connectivity index (χ1n) is 7.12. The summed E-state index contributed by atoms with van der Waals surface area (Å²) >= 11 is 11.8. The third kappa shape index (κ3) is 3.24. The highest BCUT2D eigenvalue weighted by molar-refractivity contribution is 7.89. The van der Waals surface area contributed by atoms with Gasteiger partial charge < -0.3 is 0 Å². The molecule has 3 nitrogen and oxygen atoms in total. The molecule has 0 saturated carbocycles. The minimum Gasteiger partial charge on any atom is -0.207 e. The Labute approximate surface area is 144 Å². The molecule has 1 aliphatic rings. The van der Waals surface area contributed by atoms with Crippen LogP contribution in [-0.4, -0.2) is 19.3 Å². The van der Waals surface area contributed by atoms with Crippen LogP contribution >= 0.6 is 23.2 Å². The molecule has 2 aromatic carbocycles. The number of nitrogens with zero attached hydrogens (tertiary/aromatic N) is 1. The van der Waals surface area contributed by atoms with E-state index < -0.39 is 10.0 Å². The van der Waals surface area contributed by atoms with Gasteiger partial charge >= 0.3 is 0 Å². The summed E-state index contributed by atoms with van der Waals surface area (Å²) in [5, 5.41) is 0.507. The summed E-state index contributed by atoms with van der Waals surface area (Å²) in [4.78, 5) is 0.112. The van der Waals surface area contributed by atoms with E-state index in [1.807, 2.05) is 0 Å². The average molecular weight is 374 g/mol. The molecule has 3 rings (SSSR count). The molecule has 0 radical (unpaired) electrons. The first kappa shape index (κ1) is 16.7. The lowest BCUT2D eigenvalue weighted by atomic mass is 10.1. The van der Waals surface area contributed by atoms with Crippen molar-refractivity contribution in [2.75, 3.05) is 6.54 Å². The predicted octanol–water partition coefficient (Wildman–Crippen LogP) is 4.66. The largest absolute Gasteiger partial charge is 0.243 e. The van der Waals surface area contributed by atoms with Gasteiger partial charge in [0.05, 0.1) is 21.0 Å². The molecule has 23 heavy (non-hydrogen) atoms. The zero-order chi connectivity index (χ0) is 16.6. The van der Waals surface area contributed by atoms with Crippen molar-refractivity contribution in [3.63, 3.8) is 0 Å². The lowest BCUT2D eigenvalue weighted by Gasteiger charge is -2.24. The van der Waals surface area contributed by atoms with Gasteiger partial charge in [-0.2, -0.15) is 4.31 Å². The predicted molar refractivity (Wildman–Crippen MR) is 88.7 cm³/mol. The van der Waals surface area contributed by atoms with Gasteiger partial charge in [-0.1, -0.05) is 35.3 Å². The van der Waals surface area contributed by atoms with Crippen molar-refractivity contribution in [3.8, 4) is 0 Å². The van der Waals surface area contributed by atoms with Crippen LogP contribution in [0.25, 0.3) is 0 Å². The van der Waals surface area contributed by atoms with Gasteiger partial charge in [0.25, 0.3) is 0 Å². The summed E-state index contributed by atoms with van der Waals surface area (Å²) in [6, 6.07) is 9.93. The van der Waals surface area contributed by atoms with Gasteiger partial charge in [0.2, 0.25) is 10.0 Å². The maximum absolute atomic E-state index is 13.1. The van der Waals surface area contributed by atoms with Gasteiger partial charge in [0, 0.05) is 6.54 Å². The SMILES string of the molecule is O=S(=O)(c1ccc(Cl)c(Cl)c1)N1CCCC1c1ccc(F)cc1. The van der Waals surface area contributed by atoms with Crippen LogP contribution in [0.3, 0.4) is 0 Å². The lowest BCUT2D eigenvalue weighted by molar-refractivity contribution is 0.396. The summed E-state index contributed by atoms with van der Waals surface area (Å²) in [6.45, 7) is 0.421. The number of halogens is 3. The molecule has 1 atom stereocenters. The number of hydrogen-bond donors (Lipinski definition) is 0. The highest BCUT2D eigenvalue weighted by Gasteiger charge is 2.36. The molecule has 122 valence electrons. The summed E-state index contributed by atoms with van der Waals surface area (Å²) < 4.78 is 40.3. The van der Waals surface area contributed by atoms with Gasteiger partial charge in [-0.15, -0.1) is 0 Å². The Bertz CT molecular complexity index is 824. The number of hydrogen-bond acceptors (Lipinski definition) is 2. The summed E-state index contributed by atoms with van der Waals surface area (Å²) in [6.07, 6.45) is 1.45. The van der Waals surface area contributed by atoms with Crippen molar-refractivity contribution in [2.24, 2.45) is 0 Å². The minimum atomic E-state index is -3.69. The molecule has 1 fully saturated rings. The Balaban J connectivity index is 1.97. The second kappa shape index (κ2) is 6.40. The van der Waals surface area contributed by atoms with E-state index in [4.69, 9.17) is 23.2 Å². The molecular formula is C16H14Cl2FNO2S. The Morgan fingerprint density at radius 2 is 1.74 bits per heavy atom. The van der Waals surface area contributed by atoms with Crippen molar-refractivity contribution < 1.29 is 12.8 Å². The molecule has 0 amide bonds. The molecule has 7 heteroatoms. The molecule has 0 aromatic heterocycles. The topological polar surface area (TPSA) is 37.4 Å². The number of rotatable bonds is 3. The molecule has 1 saturated heterocycles. The number of benzene rings is 2. The second-order valence-electron chi connectivity index (χ2n) is 5.40. The van der Waals surface area contributed by atoms with E-state index in [2.05, 4.69) is 0 Å². The highest BCUT2D eigenvalue weighted by Crippen LogP contribution is 2.37. The number of sulfonamides is 1. The van der Waals surface area contributed by atoms with Crippen LogP contribution in [0.2, 0.25) is 10.0 Å². The standard InChI is InChI=1S/C16H14Cl2FNO2S/c17-14-8-7-13(10-15(14)18)23(21,22)20-9-1-2-16(20)11-3-5-12(19)6-4-11/h3-8,10,16H,1-2,9H2. The van der Waals surface area contributed by atoms with Crippen LogP contribution in [-0.2, 0) is 10.0 Å². The fourth-order valence-electron chi connectivity index (χ4n) is 2.82. The van der Waals surface area contributed by atoms with Crippen LogP contribution in [0, 0.1) is 5.82 Å². The third-order valence-electron chi connectivity index (χ3n) is 3.96. The fraction of sp³-hybridized carbons (Fsp3) is 0.250. The molecule has 1 aliphatic heterocycles. The molecular weight excluding hydrogens is 360 g/mol. The van der Waals surface area contributed by atoms with Crippen LogP contribution < -0.4 is 0 Å². The third-order valence-corrected chi connectivity index (χ3v) is 6.60. The van der Waals surface area contributed by atoms with Gasteiger partial charge in [-0.05, 0) is 48.7 Å². The van der Waals surface area contributed by atoms with Crippen LogP contribution in [0.1, 0.15) is 24.4 Å². The van der Waals surface area contributed by atoms with E-state index >= 15 is 0 Å². The van der Waals surface area contributed by atoms with E-state index in [1.165, 1.54) is 34.6 Å². The fourth-order valence-corrected chi connectivity index (χ4v) is 4.89. The molecule has 2 aromatic rings. The van der Waals surface area contributed by atoms with Crippen molar-refractivity contribution in [3.05, 3.63) is 63.9 Å². The molecule has 1 heterocycles. The summed E-state index contributed by atoms with van der Waals surface area (Å²) in [5.41, 5.74) is 0.785. The highest BCUT2D eigenvalue weighted by atomic mass is 35.5. The van der Waals surface area contributed by atoms with Gasteiger partial charge in [0.15, 0.2) is 0 Å². The zero-order valence-corrected chi connectivity index (χ0v) is 14.4. The van der Waals surface area contributed by atoms with Gasteiger partial charge in [-0.25, -0.2) is 12.8 Å². The van der Waals surface area contributed by atoms with Crippen LogP contribution in [0.4, 0.5) is 4.39 Å². The smallest absolute Gasteiger partial charge is 0.207 e. The Kier molecular flexibility index (Phi) is 4.65. The average Bonchev–Trinajstić information content (AvgIpc) is 3.01. The van der Waals surface area contributed by atoms with E-state index in [1.54, 1.807) is 12.1 Å². The zero-order valence-electron chi connectivity index (χ0n) is 12.0. The molecule has 0 aliphatic carbocycles. The molecule has 0 N–H and O–H groups in total. The van der Waals surface area contributed by atoms with E-state index in [0.717, 1.165) is 12.0 Å². The van der Waals surface area contributed by atoms with Crippen molar-refractivity contribution >= 4 is 33.2 Å². The first-order chi connectivity index (χ1) is 10.9. The minimum absolute atomic E-state index is 0.112. The quantitative estimate of drug-likeness (QED) is 0.784. The summed E-state index contributed by atoms with van der Waals surface area (Å²) in [7, 11) is -3.69. The molecule has 0 spiro atoms. The van der Waals surface area contributed by atoms with Crippen molar-refractivity contribution in [1.29, 1.82) is 0 Å². The van der Waals surface area contributed by atoms with E-state index in [0.29, 0.717) is 18.0 Å². The first-order valence-corrected chi connectivity index (χ1v) is 9.31. The lowest BCUT2D eigenvalue weighted by Crippen LogP contribution is -2.30. The molecule has 1 unspecified atom stereocenters. The normalized spacial score (nSPS) is 19.2. The van der Waals surface area contributed by atoms with E-state index in [9.17, 15) is 12.8 Å². The monoisotopic (exact) mass is 373 g/mol. The van der Waals surface area contributed by atoms with Crippen LogP contribution in [0.5, 0.6) is 0 Å². The van der Waals surface area contributed by atoms with E-state index in [-0.39, 0.29) is 21.8 Å².